The van der Waals surface area contributed by atoms with Crippen molar-refractivity contribution < 1.29 is 9.53 Å². The molecule has 0 atom stereocenters. The first-order chi connectivity index (χ1) is 17.4. The van der Waals surface area contributed by atoms with Gasteiger partial charge in [0.2, 0.25) is 11.6 Å². The molecule has 0 radical (unpaired) electrons. The summed E-state index contributed by atoms with van der Waals surface area (Å²) >= 11 is 0. The quantitative estimate of drug-likeness (QED) is 0.417. The molecule has 2 aromatic carbocycles. The Hall–Kier alpha value is -4.14. The van der Waals surface area contributed by atoms with Crippen molar-refractivity contribution in [3.8, 4) is 11.4 Å². The van der Waals surface area contributed by atoms with E-state index in [1.54, 1.807) is 36.0 Å². The lowest BCUT2D eigenvalue weighted by molar-refractivity contribution is -0.131. The van der Waals surface area contributed by atoms with Gasteiger partial charge in [0.05, 0.1) is 7.11 Å². The first-order valence-electron chi connectivity index (χ1n) is 12.1. The van der Waals surface area contributed by atoms with E-state index in [1.807, 2.05) is 17.0 Å². The minimum Gasteiger partial charge on any atom is -0.497 e. The van der Waals surface area contributed by atoms with E-state index in [2.05, 4.69) is 47.1 Å². The number of piperazine rings is 1. The van der Waals surface area contributed by atoms with Gasteiger partial charge in [-0.15, -0.1) is 10.2 Å². The number of benzene rings is 2. The zero-order valence-corrected chi connectivity index (χ0v) is 20.8. The maximum absolute atomic E-state index is 13.0. The number of carbonyl (C=O) groups excluding carboxylic acids is 1. The number of carbonyl (C=O) groups is 1. The molecule has 1 aliphatic heterocycles. The third kappa shape index (κ3) is 4.56. The van der Waals surface area contributed by atoms with Gasteiger partial charge in [0, 0.05) is 62.8 Å². The summed E-state index contributed by atoms with van der Waals surface area (Å²) in [5.41, 5.74) is 4.42. The number of fused-ring (bicyclic) bond motifs is 1. The van der Waals surface area contributed by atoms with Crippen LogP contribution in [0.1, 0.15) is 23.4 Å². The second-order valence-electron chi connectivity index (χ2n) is 9.14. The summed E-state index contributed by atoms with van der Waals surface area (Å²) in [4.78, 5) is 30.2. The van der Waals surface area contributed by atoms with Crippen LogP contribution in [0.15, 0.2) is 59.7 Å². The monoisotopic (exact) mass is 486 g/mol. The van der Waals surface area contributed by atoms with Gasteiger partial charge >= 0.3 is 5.56 Å². The molecule has 0 unspecified atom stereocenters. The van der Waals surface area contributed by atoms with E-state index in [1.165, 1.54) is 21.4 Å². The van der Waals surface area contributed by atoms with Gasteiger partial charge in [0.15, 0.2) is 0 Å². The number of amides is 1. The highest BCUT2D eigenvalue weighted by molar-refractivity contribution is 5.76. The zero-order chi connectivity index (χ0) is 25.2. The van der Waals surface area contributed by atoms with Gasteiger partial charge in [-0.3, -0.25) is 18.6 Å². The van der Waals surface area contributed by atoms with Crippen molar-refractivity contribution in [2.75, 3.05) is 38.2 Å². The molecule has 186 valence electrons. The predicted octanol–water partition coefficient (Wildman–Crippen LogP) is 2.79. The first kappa shape index (κ1) is 23.6. The lowest BCUT2D eigenvalue weighted by Gasteiger charge is -2.37. The second kappa shape index (κ2) is 9.85. The van der Waals surface area contributed by atoms with E-state index in [9.17, 15) is 9.59 Å². The molecule has 0 bridgehead atoms. The summed E-state index contributed by atoms with van der Waals surface area (Å²) in [7, 11) is 1.60. The number of ether oxygens (including phenoxy) is 1. The number of methoxy groups -OCH3 is 1. The van der Waals surface area contributed by atoms with Gasteiger partial charge in [-0.25, -0.2) is 0 Å². The normalized spacial score (nSPS) is 13.9. The largest absolute Gasteiger partial charge is 0.497 e. The van der Waals surface area contributed by atoms with E-state index in [0.29, 0.717) is 43.2 Å². The fourth-order valence-corrected chi connectivity index (χ4v) is 4.69. The molecule has 3 heterocycles. The highest BCUT2D eigenvalue weighted by atomic mass is 16.5. The van der Waals surface area contributed by atoms with Crippen molar-refractivity contribution in [2.24, 2.45) is 0 Å². The van der Waals surface area contributed by atoms with Crippen LogP contribution in [-0.4, -0.2) is 63.3 Å². The smallest absolute Gasteiger partial charge is 0.300 e. The van der Waals surface area contributed by atoms with Crippen molar-refractivity contribution in [3.05, 3.63) is 82.2 Å². The summed E-state index contributed by atoms with van der Waals surface area (Å²) in [6.07, 6.45) is 4.21. The lowest BCUT2D eigenvalue weighted by Crippen LogP contribution is -2.49. The topological polar surface area (TPSA) is 85.0 Å². The molecular weight excluding hydrogens is 456 g/mol. The van der Waals surface area contributed by atoms with E-state index in [-0.39, 0.29) is 17.1 Å². The second-order valence-corrected chi connectivity index (χ2v) is 9.14. The molecular formula is C27H30N6O3. The number of nitrogens with zero attached hydrogens (tertiary/aromatic N) is 6. The van der Waals surface area contributed by atoms with Crippen LogP contribution in [0.2, 0.25) is 0 Å². The van der Waals surface area contributed by atoms with Crippen LogP contribution < -0.4 is 15.2 Å². The number of hydrogen-bond donors (Lipinski definition) is 0. The zero-order valence-electron chi connectivity index (χ0n) is 20.8. The molecule has 2 aromatic heterocycles. The van der Waals surface area contributed by atoms with E-state index in [0.717, 1.165) is 13.1 Å². The predicted molar refractivity (Wildman–Crippen MR) is 138 cm³/mol. The molecule has 1 saturated heterocycles. The Bertz CT molecular complexity index is 1450. The van der Waals surface area contributed by atoms with Gasteiger partial charge in [-0.2, -0.15) is 0 Å². The summed E-state index contributed by atoms with van der Waals surface area (Å²) in [6.45, 7) is 7.24. The van der Waals surface area contributed by atoms with Crippen LogP contribution in [0.4, 0.5) is 5.69 Å². The van der Waals surface area contributed by atoms with Crippen LogP contribution in [0.5, 0.6) is 5.75 Å². The van der Waals surface area contributed by atoms with Crippen LogP contribution in [0, 0.1) is 13.8 Å². The molecule has 1 amide bonds. The fourth-order valence-electron chi connectivity index (χ4n) is 4.69. The number of anilines is 1. The van der Waals surface area contributed by atoms with Crippen molar-refractivity contribution in [1.29, 1.82) is 0 Å². The molecule has 5 rings (SSSR count). The molecule has 0 saturated carbocycles. The Morgan fingerprint density at radius 1 is 0.972 bits per heavy atom. The molecule has 36 heavy (non-hydrogen) atoms. The minimum atomic E-state index is -0.268. The Balaban J connectivity index is 1.23. The Labute approximate surface area is 209 Å². The third-order valence-corrected chi connectivity index (χ3v) is 6.79. The Morgan fingerprint density at radius 3 is 2.44 bits per heavy atom. The Kier molecular flexibility index (Phi) is 6.45. The fraction of sp³-hybridized carbons (Fsp3) is 0.333. The lowest BCUT2D eigenvalue weighted by atomic mass is 10.1. The number of aromatic nitrogens is 4. The average Bonchev–Trinajstić information content (AvgIpc) is 3.33. The minimum absolute atomic E-state index is 0.0962. The Morgan fingerprint density at radius 2 is 1.72 bits per heavy atom. The molecule has 9 heteroatoms. The van der Waals surface area contributed by atoms with Gasteiger partial charge < -0.3 is 14.5 Å². The first-order valence-corrected chi connectivity index (χ1v) is 12.1. The summed E-state index contributed by atoms with van der Waals surface area (Å²) in [5.74, 6) is 1.42. The maximum atomic E-state index is 13.0. The number of aryl methyl sites for hydroxylation is 3. The van der Waals surface area contributed by atoms with Gasteiger partial charge in [-0.1, -0.05) is 12.1 Å². The molecule has 1 fully saturated rings. The van der Waals surface area contributed by atoms with E-state index < -0.39 is 0 Å². The van der Waals surface area contributed by atoms with Crippen molar-refractivity contribution in [3.63, 3.8) is 0 Å². The highest BCUT2D eigenvalue weighted by Crippen LogP contribution is 2.23. The molecule has 0 spiro atoms. The average molecular weight is 487 g/mol. The third-order valence-electron chi connectivity index (χ3n) is 6.79. The highest BCUT2D eigenvalue weighted by Gasteiger charge is 2.23. The van der Waals surface area contributed by atoms with Crippen molar-refractivity contribution >= 4 is 17.2 Å². The van der Waals surface area contributed by atoms with Gasteiger partial charge in [-0.05, 0) is 55.3 Å². The molecule has 9 nitrogen and oxygen atoms in total. The maximum Gasteiger partial charge on any atom is 0.300 e. The molecule has 0 aliphatic carbocycles. The van der Waals surface area contributed by atoms with Crippen LogP contribution >= 0.6 is 0 Å². The summed E-state index contributed by atoms with van der Waals surface area (Å²) in [5, 5.41) is 8.32. The van der Waals surface area contributed by atoms with Crippen LogP contribution in [0.3, 0.4) is 0 Å². The molecule has 1 aliphatic rings. The van der Waals surface area contributed by atoms with Crippen LogP contribution in [-0.2, 0) is 11.2 Å². The standard InChI is InChI=1S/C27H30N6O3/c1-19-4-5-20(2)23(18-19)30-12-14-31(15-13-30)25(34)11-10-24-28-29-26-27(35)32(16-17-33(24)26)21-6-8-22(36-3)9-7-21/h4-9,16-18H,10-15H2,1-3H3. The van der Waals surface area contributed by atoms with Gasteiger partial charge in [0.25, 0.3) is 0 Å². The van der Waals surface area contributed by atoms with Crippen LogP contribution in [0.25, 0.3) is 11.3 Å². The molecule has 4 aromatic rings. The van der Waals surface area contributed by atoms with Gasteiger partial charge in [0.1, 0.15) is 11.6 Å². The van der Waals surface area contributed by atoms with E-state index >= 15 is 0 Å². The molecule has 0 N–H and O–H groups in total. The SMILES string of the molecule is COc1ccc(-n2ccn3c(CCC(=O)N4CCN(c5cc(C)ccc5C)CC4)nnc3c2=O)cc1. The van der Waals surface area contributed by atoms with Crippen molar-refractivity contribution in [1.82, 2.24) is 24.1 Å². The van der Waals surface area contributed by atoms with Crippen molar-refractivity contribution in [2.45, 2.75) is 26.7 Å². The summed E-state index contributed by atoms with van der Waals surface area (Å²) < 4.78 is 8.38. The summed E-state index contributed by atoms with van der Waals surface area (Å²) in [6, 6.07) is 13.7. The van der Waals surface area contributed by atoms with E-state index in [4.69, 9.17) is 4.74 Å². The number of hydrogen-bond acceptors (Lipinski definition) is 6. The number of rotatable bonds is 6.